The van der Waals surface area contributed by atoms with E-state index >= 15 is 0 Å². The van der Waals surface area contributed by atoms with Gasteiger partial charge in [-0.1, -0.05) is 17.7 Å². The molecule has 102 valence electrons. The van der Waals surface area contributed by atoms with Crippen molar-refractivity contribution in [3.8, 4) is 6.07 Å². The van der Waals surface area contributed by atoms with E-state index in [1.165, 1.54) is 18.2 Å². The second-order valence-electron chi connectivity index (χ2n) is 4.06. The van der Waals surface area contributed by atoms with Crippen LogP contribution in [-0.4, -0.2) is 13.4 Å². The maximum atomic E-state index is 12.1. The molecule has 0 fully saturated rings. The smallest absolute Gasteiger partial charge is 0.263 e. The lowest BCUT2D eigenvalue weighted by molar-refractivity contribution is 0.601. The number of rotatable bonds is 3. The van der Waals surface area contributed by atoms with Gasteiger partial charge in [0.05, 0.1) is 5.69 Å². The lowest BCUT2D eigenvalue weighted by atomic mass is 10.2. The molecular formula is C13H10ClN3O2S. The van der Waals surface area contributed by atoms with Gasteiger partial charge in [0.1, 0.15) is 16.7 Å². The third-order valence-electron chi connectivity index (χ3n) is 2.59. The molecule has 0 atom stereocenters. The molecule has 0 amide bonds. The van der Waals surface area contributed by atoms with Crippen molar-refractivity contribution in [3.05, 3.63) is 52.8 Å². The number of nitrogens with zero attached hydrogens (tertiary/aromatic N) is 2. The molecule has 0 unspecified atom stereocenters. The largest absolute Gasteiger partial charge is 0.280 e. The number of halogens is 1. The highest BCUT2D eigenvalue weighted by Crippen LogP contribution is 2.22. The average molecular weight is 308 g/mol. The molecule has 0 bridgehead atoms. The highest BCUT2D eigenvalue weighted by atomic mass is 35.5. The monoisotopic (exact) mass is 307 g/mol. The standard InChI is InChI=1S/C13H10ClN3O2S/c1-9-2-3-10(6-13(9)14)17-20(18,19)12-5-4-11(7-15)16-8-12/h2-6,8,17H,1H3. The van der Waals surface area contributed by atoms with Crippen LogP contribution in [0.15, 0.2) is 41.4 Å². The number of pyridine rings is 1. The van der Waals surface area contributed by atoms with Gasteiger partial charge < -0.3 is 0 Å². The average Bonchev–Trinajstić information content (AvgIpc) is 2.43. The number of nitriles is 1. The minimum absolute atomic E-state index is 0.0202. The van der Waals surface area contributed by atoms with Crippen LogP contribution in [0, 0.1) is 18.3 Å². The Labute approximate surface area is 121 Å². The second-order valence-corrected chi connectivity index (χ2v) is 6.15. The molecule has 1 aromatic carbocycles. The number of nitrogens with one attached hydrogen (secondary N) is 1. The predicted molar refractivity (Wildman–Crippen MR) is 75.9 cm³/mol. The fraction of sp³-hybridized carbons (Fsp3) is 0.0769. The fourth-order valence-corrected chi connectivity index (χ4v) is 2.65. The molecule has 1 aromatic heterocycles. The van der Waals surface area contributed by atoms with Crippen LogP contribution in [-0.2, 0) is 10.0 Å². The number of hydrogen-bond donors (Lipinski definition) is 1. The highest BCUT2D eigenvalue weighted by molar-refractivity contribution is 7.92. The van der Waals surface area contributed by atoms with Gasteiger partial charge in [-0.25, -0.2) is 13.4 Å². The topological polar surface area (TPSA) is 82.9 Å². The molecule has 0 saturated carbocycles. The first kappa shape index (κ1) is 14.3. The molecular weight excluding hydrogens is 298 g/mol. The van der Waals surface area contributed by atoms with Crippen molar-refractivity contribution in [1.29, 1.82) is 5.26 Å². The first-order valence-electron chi connectivity index (χ1n) is 5.57. The summed E-state index contributed by atoms with van der Waals surface area (Å²) in [6.45, 7) is 1.82. The summed E-state index contributed by atoms with van der Waals surface area (Å²) in [6, 6.07) is 9.37. The van der Waals surface area contributed by atoms with E-state index in [1.54, 1.807) is 12.1 Å². The van der Waals surface area contributed by atoms with Crippen LogP contribution in [0.2, 0.25) is 5.02 Å². The SMILES string of the molecule is Cc1ccc(NS(=O)(=O)c2ccc(C#N)nc2)cc1Cl. The predicted octanol–water partition coefficient (Wildman–Crippen LogP) is 2.72. The zero-order valence-corrected chi connectivity index (χ0v) is 12.0. The van der Waals surface area contributed by atoms with E-state index in [1.807, 2.05) is 13.0 Å². The molecule has 0 aliphatic rings. The number of benzene rings is 1. The maximum absolute atomic E-state index is 12.1. The molecule has 0 aliphatic carbocycles. The van der Waals surface area contributed by atoms with Gasteiger partial charge in [0, 0.05) is 11.2 Å². The fourth-order valence-electron chi connectivity index (χ4n) is 1.48. The molecule has 5 nitrogen and oxygen atoms in total. The Morgan fingerprint density at radius 2 is 2.05 bits per heavy atom. The van der Waals surface area contributed by atoms with Gasteiger partial charge in [0.2, 0.25) is 0 Å². The van der Waals surface area contributed by atoms with E-state index < -0.39 is 10.0 Å². The lowest BCUT2D eigenvalue weighted by Crippen LogP contribution is -2.13. The molecule has 0 aliphatic heterocycles. The van der Waals surface area contributed by atoms with Gasteiger partial charge in [0.15, 0.2) is 0 Å². The Balaban J connectivity index is 2.30. The van der Waals surface area contributed by atoms with E-state index in [9.17, 15) is 8.42 Å². The van der Waals surface area contributed by atoms with Gasteiger partial charge in [0.25, 0.3) is 10.0 Å². The van der Waals surface area contributed by atoms with E-state index in [0.29, 0.717) is 10.7 Å². The van der Waals surface area contributed by atoms with Crippen molar-refractivity contribution in [2.75, 3.05) is 4.72 Å². The normalized spacial score (nSPS) is 10.8. The number of aryl methyl sites for hydroxylation is 1. The quantitative estimate of drug-likeness (QED) is 0.945. The van der Waals surface area contributed by atoms with Crippen LogP contribution in [0.1, 0.15) is 11.3 Å². The van der Waals surface area contributed by atoms with E-state index in [-0.39, 0.29) is 10.6 Å². The van der Waals surface area contributed by atoms with Gasteiger partial charge in [-0.2, -0.15) is 5.26 Å². The van der Waals surface area contributed by atoms with Crippen molar-refractivity contribution in [3.63, 3.8) is 0 Å². The minimum atomic E-state index is -3.75. The van der Waals surface area contributed by atoms with Crippen LogP contribution in [0.25, 0.3) is 0 Å². The Morgan fingerprint density at radius 1 is 1.30 bits per heavy atom. The molecule has 7 heteroatoms. The summed E-state index contributed by atoms with van der Waals surface area (Å²) >= 11 is 5.95. The minimum Gasteiger partial charge on any atom is -0.280 e. The number of sulfonamides is 1. The highest BCUT2D eigenvalue weighted by Gasteiger charge is 2.15. The first-order valence-corrected chi connectivity index (χ1v) is 7.43. The van der Waals surface area contributed by atoms with Crippen molar-refractivity contribution in [2.45, 2.75) is 11.8 Å². The van der Waals surface area contributed by atoms with Crippen LogP contribution in [0.5, 0.6) is 0 Å². The molecule has 1 N–H and O–H groups in total. The van der Waals surface area contributed by atoms with E-state index in [4.69, 9.17) is 16.9 Å². The number of hydrogen-bond acceptors (Lipinski definition) is 4. The Kier molecular flexibility index (Phi) is 3.93. The second kappa shape index (κ2) is 5.49. The zero-order chi connectivity index (χ0) is 14.8. The Morgan fingerprint density at radius 3 is 2.60 bits per heavy atom. The van der Waals surface area contributed by atoms with Crippen molar-refractivity contribution in [2.24, 2.45) is 0 Å². The van der Waals surface area contributed by atoms with Crippen LogP contribution in [0.3, 0.4) is 0 Å². The Bertz CT molecular complexity index is 780. The summed E-state index contributed by atoms with van der Waals surface area (Å²) in [5.41, 5.74) is 1.38. The molecule has 0 radical (unpaired) electrons. The zero-order valence-electron chi connectivity index (χ0n) is 10.5. The lowest BCUT2D eigenvalue weighted by Gasteiger charge is -2.09. The molecule has 2 aromatic rings. The molecule has 20 heavy (non-hydrogen) atoms. The van der Waals surface area contributed by atoms with E-state index in [0.717, 1.165) is 11.8 Å². The number of aromatic nitrogens is 1. The van der Waals surface area contributed by atoms with Crippen LogP contribution in [0.4, 0.5) is 5.69 Å². The van der Waals surface area contributed by atoms with Crippen LogP contribution >= 0.6 is 11.6 Å². The summed E-state index contributed by atoms with van der Waals surface area (Å²) in [5.74, 6) is 0. The Hall–Kier alpha value is -2.10. The van der Waals surface area contributed by atoms with Gasteiger partial charge >= 0.3 is 0 Å². The first-order chi connectivity index (χ1) is 9.42. The molecule has 2 rings (SSSR count). The molecule has 0 saturated heterocycles. The van der Waals surface area contributed by atoms with Crippen molar-refractivity contribution >= 4 is 27.3 Å². The summed E-state index contributed by atoms with van der Waals surface area (Å²) in [6.07, 6.45) is 1.14. The third kappa shape index (κ3) is 3.07. The summed E-state index contributed by atoms with van der Waals surface area (Å²) in [7, 11) is -3.75. The van der Waals surface area contributed by atoms with Crippen molar-refractivity contribution < 1.29 is 8.42 Å². The summed E-state index contributed by atoms with van der Waals surface area (Å²) in [4.78, 5) is 3.71. The summed E-state index contributed by atoms with van der Waals surface area (Å²) in [5, 5.41) is 9.11. The van der Waals surface area contributed by atoms with Gasteiger partial charge in [-0.15, -0.1) is 0 Å². The number of anilines is 1. The summed E-state index contributed by atoms with van der Waals surface area (Å²) < 4.78 is 26.6. The van der Waals surface area contributed by atoms with Crippen molar-refractivity contribution in [1.82, 2.24) is 4.98 Å². The van der Waals surface area contributed by atoms with E-state index in [2.05, 4.69) is 9.71 Å². The van der Waals surface area contributed by atoms with Gasteiger partial charge in [-0.3, -0.25) is 4.72 Å². The van der Waals surface area contributed by atoms with Crippen LogP contribution < -0.4 is 4.72 Å². The molecule has 0 spiro atoms. The third-order valence-corrected chi connectivity index (χ3v) is 4.36. The maximum Gasteiger partial charge on any atom is 0.263 e. The molecule has 1 heterocycles. The van der Waals surface area contributed by atoms with Gasteiger partial charge in [-0.05, 0) is 36.8 Å².